The van der Waals surface area contributed by atoms with E-state index < -0.39 is 5.97 Å². The van der Waals surface area contributed by atoms with E-state index in [1.165, 1.54) is 0 Å². The highest BCUT2D eigenvalue weighted by Crippen LogP contribution is 2.24. The minimum atomic E-state index is -1.03. The van der Waals surface area contributed by atoms with Crippen molar-refractivity contribution in [3.63, 3.8) is 0 Å². The number of carboxylic acids is 1. The fourth-order valence-corrected chi connectivity index (χ4v) is 2.07. The molecule has 0 aromatic heterocycles. The minimum Gasteiger partial charge on any atom is -0.481 e. The van der Waals surface area contributed by atoms with Gasteiger partial charge in [0.2, 0.25) is 6.41 Å². The van der Waals surface area contributed by atoms with E-state index in [2.05, 4.69) is 5.32 Å². The lowest BCUT2D eigenvalue weighted by molar-refractivity contribution is -0.136. The molecule has 2 aromatic carbocycles. The molecule has 0 unspecified atom stereocenters. The highest BCUT2D eigenvalue weighted by molar-refractivity contribution is 6.13. The molecule has 106 valence electrons. The van der Waals surface area contributed by atoms with Crippen molar-refractivity contribution in [3.05, 3.63) is 65.2 Å². The second-order valence-electron chi connectivity index (χ2n) is 4.37. The van der Waals surface area contributed by atoms with Crippen molar-refractivity contribution in [3.8, 4) is 0 Å². The molecule has 21 heavy (non-hydrogen) atoms. The normalized spacial score (nSPS) is 9.90. The number of nitrogens with one attached hydrogen (secondary N) is 1. The van der Waals surface area contributed by atoms with Crippen LogP contribution in [-0.4, -0.2) is 23.3 Å². The molecular formula is C16H13NO4. The summed E-state index contributed by atoms with van der Waals surface area (Å²) in [5.41, 5.74) is 1.37. The first kappa shape index (κ1) is 14.5. The topological polar surface area (TPSA) is 83.5 Å². The summed E-state index contributed by atoms with van der Waals surface area (Å²) in [6, 6.07) is 13.3. The summed E-state index contributed by atoms with van der Waals surface area (Å²) in [4.78, 5) is 34.1. The number of carbonyl (C=O) groups excluding carboxylic acids is 2. The third-order valence-corrected chi connectivity index (χ3v) is 2.98. The predicted octanol–water partition coefficient (Wildman–Crippen LogP) is 2.11. The Morgan fingerprint density at radius 2 is 1.76 bits per heavy atom. The SMILES string of the molecule is O=CNc1c(CC(=O)O)cccc1C(=O)c1ccccc1. The van der Waals surface area contributed by atoms with Gasteiger partial charge in [-0.2, -0.15) is 0 Å². The van der Waals surface area contributed by atoms with E-state index in [1.54, 1.807) is 48.5 Å². The van der Waals surface area contributed by atoms with Gasteiger partial charge in [-0.1, -0.05) is 42.5 Å². The lowest BCUT2D eigenvalue weighted by atomic mass is 9.97. The summed E-state index contributed by atoms with van der Waals surface area (Å²) in [6.07, 6.45) is 0.161. The van der Waals surface area contributed by atoms with Crippen LogP contribution in [0, 0.1) is 0 Å². The molecule has 5 nitrogen and oxygen atoms in total. The van der Waals surface area contributed by atoms with Gasteiger partial charge in [-0.05, 0) is 11.6 Å². The number of aliphatic carboxylic acids is 1. The van der Waals surface area contributed by atoms with Crippen LogP contribution in [0.3, 0.4) is 0 Å². The van der Waals surface area contributed by atoms with Gasteiger partial charge in [0.1, 0.15) is 0 Å². The van der Waals surface area contributed by atoms with Gasteiger partial charge in [-0.3, -0.25) is 14.4 Å². The van der Waals surface area contributed by atoms with Crippen LogP contribution >= 0.6 is 0 Å². The van der Waals surface area contributed by atoms with E-state index >= 15 is 0 Å². The monoisotopic (exact) mass is 283 g/mol. The molecule has 0 fully saturated rings. The quantitative estimate of drug-likeness (QED) is 0.628. The number of benzene rings is 2. The minimum absolute atomic E-state index is 0.240. The molecule has 0 aliphatic rings. The first-order chi connectivity index (χ1) is 10.1. The molecule has 0 aliphatic heterocycles. The predicted molar refractivity (Wildman–Crippen MR) is 77.3 cm³/mol. The van der Waals surface area contributed by atoms with Crippen LogP contribution in [0.25, 0.3) is 0 Å². The van der Waals surface area contributed by atoms with Crippen LogP contribution < -0.4 is 5.32 Å². The summed E-state index contributed by atoms with van der Waals surface area (Å²) in [7, 11) is 0. The molecule has 0 saturated heterocycles. The van der Waals surface area contributed by atoms with E-state index in [0.717, 1.165) is 0 Å². The Labute approximate surface area is 121 Å². The van der Waals surface area contributed by atoms with Crippen molar-refractivity contribution in [2.24, 2.45) is 0 Å². The van der Waals surface area contributed by atoms with Crippen molar-refractivity contribution < 1.29 is 19.5 Å². The Bertz CT molecular complexity index is 680. The number of rotatable bonds is 6. The van der Waals surface area contributed by atoms with E-state index in [4.69, 9.17) is 5.11 Å². The van der Waals surface area contributed by atoms with E-state index in [9.17, 15) is 14.4 Å². The van der Waals surface area contributed by atoms with Gasteiger partial charge in [0.05, 0.1) is 12.1 Å². The molecule has 0 saturated carbocycles. The summed E-state index contributed by atoms with van der Waals surface area (Å²) in [5.74, 6) is -1.31. The van der Waals surface area contributed by atoms with Crippen LogP contribution in [0.4, 0.5) is 5.69 Å². The molecule has 0 atom stereocenters. The summed E-state index contributed by atoms with van der Waals surface area (Å²) < 4.78 is 0. The maximum Gasteiger partial charge on any atom is 0.307 e. The zero-order valence-corrected chi connectivity index (χ0v) is 11.1. The van der Waals surface area contributed by atoms with Crippen molar-refractivity contribution >= 4 is 23.9 Å². The van der Waals surface area contributed by atoms with E-state index in [0.29, 0.717) is 17.5 Å². The largest absolute Gasteiger partial charge is 0.481 e. The number of carboxylic acid groups (broad SMARTS) is 1. The van der Waals surface area contributed by atoms with Crippen molar-refractivity contribution in [2.45, 2.75) is 6.42 Å². The van der Waals surface area contributed by atoms with E-state index in [1.807, 2.05) is 0 Å². The Balaban J connectivity index is 2.50. The van der Waals surface area contributed by atoms with Crippen LogP contribution in [0.1, 0.15) is 21.5 Å². The van der Waals surface area contributed by atoms with Crippen molar-refractivity contribution in [1.82, 2.24) is 0 Å². The van der Waals surface area contributed by atoms with Crippen molar-refractivity contribution in [2.75, 3.05) is 5.32 Å². The molecule has 0 aliphatic carbocycles. The fraction of sp³-hybridized carbons (Fsp3) is 0.0625. The summed E-state index contributed by atoms with van der Waals surface area (Å²) in [6.45, 7) is 0. The molecule has 2 rings (SSSR count). The molecule has 2 N–H and O–H groups in total. The maximum atomic E-state index is 12.5. The van der Waals surface area contributed by atoms with Gasteiger partial charge in [0.25, 0.3) is 0 Å². The van der Waals surface area contributed by atoms with Gasteiger partial charge in [-0.25, -0.2) is 0 Å². The highest BCUT2D eigenvalue weighted by atomic mass is 16.4. The average molecular weight is 283 g/mol. The molecule has 1 amide bonds. The zero-order chi connectivity index (χ0) is 15.2. The Morgan fingerprint density at radius 3 is 2.38 bits per heavy atom. The average Bonchev–Trinajstić information content (AvgIpc) is 2.49. The Hall–Kier alpha value is -2.95. The first-order valence-electron chi connectivity index (χ1n) is 6.27. The maximum absolute atomic E-state index is 12.5. The first-order valence-corrected chi connectivity index (χ1v) is 6.27. The van der Waals surface area contributed by atoms with Gasteiger partial charge in [0, 0.05) is 11.1 Å². The fourth-order valence-electron chi connectivity index (χ4n) is 2.07. The smallest absolute Gasteiger partial charge is 0.307 e. The van der Waals surface area contributed by atoms with Crippen LogP contribution in [0.5, 0.6) is 0 Å². The van der Waals surface area contributed by atoms with Crippen LogP contribution in [0.2, 0.25) is 0 Å². The third kappa shape index (κ3) is 3.33. The molecule has 2 aromatic rings. The number of para-hydroxylation sites is 1. The van der Waals surface area contributed by atoms with Gasteiger partial charge >= 0.3 is 5.97 Å². The molecule has 0 radical (unpaired) electrons. The standard InChI is InChI=1S/C16H13NO4/c18-10-17-15-12(9-14(19)20)7-4-8-13(15)16(21)11-5-2-1-3-6-11/h1-8,10H,9H2,(H,17,18)(H,19,20). The van der Waals surface area contributed by atoms with Gasteiger partial charge in [0.15, 0.2) is 5.78 Å². The second kappa shape index (κ2) is 6.47. The lowest BCUT2D eigenvalue weighted by Gasteiger charge is -2.12. The number of amides is 1. The van der Waals surface area contributed by atoms with Crippen LogP contribution in [0.15, 0.2) is 48.5 Å². The molecule has 0 heterocycles. The Kier molecular flexibility index (Phi) is 4.46. The van der Waals surface area contributed by atoms with Crippen LogP contribution in [-0.2, 0) is 16.0 Å². The van der Waals surface area contributed by atoms with Crippen molar-refractivity contribution in [1.29, 1.82) is 0 Å². The molecule has 0 bridgehead atoms. The number of hydrogen-bond donors (Lipinski definition) is 2. The van der Waals surface area contributed by atoms with E-state index in [-0.39, 0.29) is 23.5 Å². The summed E-state index contributed by atoms with van der Waals surface area (Å²) >= 11 is 0. The molecule has 5 heteroatoms. The highest BCUT2D eigenvalue weighted by Gasteiger charge is 2.17. The zero-order valence-electron chi connectivity index (χ0n) is 11.1. The number of anilines is 1. The number of hydrogen-bond acceptors (Lipinski definition) is 3. The number of ketones is 1. The third-order valence-electron chi connectivity index (χ3n) is 2.98. The molecular weight excluding hydrogens is 270 g/mol. The molecule has 0 spiro atoms. The number of carbonyl (C=O) groups is 3. The Morgan fingerprint density at radius 1 is 1.05 bits per heavy atom. The van der Waals surface area contributed by atoms with Gasteiger partial charge in [-0.15, -0.1) is 0 Å². The second-order valence-corrected chi connectivity index (χ2v) is 4.37. The van der Waals surface area contributed by atoms with Gasteiger partial charge < -0.3 is 10.4 Å². The lowest BCUT2D eigenvalue weighted by Crippen LogP contribution is -2.11. The summed E-state index contributed by atoms with van der Waals surface area (Å²) in [5, 5.41) is 11.3.